The summed E-state index contributed by atoms with van der Waals surface area (Å²) in [6.07, 6.45) is 1.71. The van der Waals surface area contributed by atoms with Crippen molar-refractivity contribution in [3.8, 4) is 11.4 Å². The molecule has 0 bridgehead atoms. The molecular weight excluding hydrogens is 420 g/mol. The summed E-state index contributed by atoms with van der Waals surface area (Å²) in [4.78, 5) is 24.7. The van der Waals surface area contributed by atoms with Crippen LogP contribution in [-0.4, -0.2) is 20.4 Å². The second kappa shape index (κ2) is 8.65. The van der Waals surface area contributed by atoms with E-state index in [4.69, 9.17) is 16.6 Å². The summed E-state index contributed by atoms with van der Waals surface area (Å²) >= 11 is 6.08. The highest BCUT2D eigenvalue weighted by molar-refractivity contribution is 6.30. The molecule has 3 aromatic carbocycles. The van der Waals surface area contributed by atoms with Gasteiger partial charge in [0, 0.05) is 28.2 Å². The van der Waals surface area contributed by atoms with E-state index in [0.717, 1.165) is 22.5 Å². The summed E-state index contributed by atoms with van der Waals surface area (Å²) in [5.41, 5.74) is 3.86. The van der Waals surface area contributed by atoms with Crippen LogP contribution < -0.4 is 4.90 Å². The summed E-state index contributed by atoms with van der Waals surface area (Å²) in [6.45, 7) is 0.0786. The van der Waals surface area contributed by atoms with Gasteiger partial charge < -0.3 is 0 Å². The molecule has 0 saturated carbocycles. The van der Waals surface area contributed by atoms with Crippen LogP contribution >= 0.6 is 11.6 Å². The van der Waals surface area contributed by atoms with Crippen molar-refractivity contribution >= 4 is 40.0 Å². The standard InChI is InChI=1S/C26H19ClN4O/c27-20-15-13-19(14-16-20)25-29-23-12-7-17-28-26(23)30(25)18-24(32)31(21-8-3-1-4-9-21)22-10-5-2-6-11-22/h1-17H,18H2. The van der Waals surface area contributed by atoms with E-state index in [2.05, 4.69) is 4.98 Å². The molecule has 0 aliphatic carbocycles. The number of nitrogens with zero attached hydrogens (tertiary/aromatic N) is 4. The molecule has 0 aliphatic heterocycles. The van der Waals surface area contributed by atoms with E-state index in [1.54, 1.807) is 11.1 Å². The quantitative estimate of drug-likeness (QED) is 0.332. The highest BCUT2D eigenvalue weighted by Gasteiger charge is 2.22. The van der Waals surface area contributed by atoms with Gasteiger partial charge in [0.25, 0.3) is 5.91 Å². The number of amides is 1. The van der Waals surface area contributed by atoms with Gasteiger partial charge in [0.1, 0.15) is 17.9 Å². The van der Waals surface area contributed by atoms with Gasteiger partial charge >= 0.3 is 0 Å². The van der Waals surface area contributed by atoms with Crippen LogP contribution in [0.25, 0.3) is 22.6 Å². The maximum Gasteiger partial charge on any atom is 0.251 e. The maximum absolute atomic E-state index is 13.7. The van der Waals surface area contributed by atoms with Crippen molar-refractivity contribution in [2.75, 3.05) is 4.90 Å². The van der Waals surface area contributed by atoms with Crippen LogP contribution in [0.15, 0.2) is 103 Å². The fraction of sp³-hybridized carbons (Fsp3) is 0.0385. The molecule has 0 unspecified atom stereocenters. The molecule has 0 radical (unpaired) electrons. The number of carbonyl (C=O) groups excluding carboxylic acids is 1. The monoisotopic (exact) mass is 438 g/mol. The van der Waals surface area contributed by atoms with E-state index < -0.39 is 0 Å². The third kappa shape index (κ3) is 3.86. The number of hydrogen-bond acceptors (Lipinski definition) is 3. The molecule has 6 heteroatoms. The predicted molar refractivity (Wildman–Crippen MR) is 128 cm³/mol. The van der Waals surface area contributed by atoms with Gasteiger partial charge in [0.2, 0.25) is 0 Å². The highest BCUT2D eigenvalue weighted by atomic mass is 35.5. The van der Waals surface area contributed by atoms with Gasteiger partial charge in [-0.1, -0.05) is 48.0 Å². The molecule has 0 spiro atoms. The highest BCUT2D eigenvalue weighted by Crippen LogP contribution is 2.28. The molecule has 0 aliphatic rings. The molecule has 0 atom stereocenters. The lowest BCUT2D eigenvalue weighted by molar-refractivity contribution is -0.118. The Hall–Kier alpha value is -3.96. The fourth-order valence-corrected chi connectivity index (χ4v) is 3.85. The second-order valence-corrected chi connectivity index (χ2v) is 7.71. The van der Waals surface area contributed by atoms with E-state index in [-0.39, 0.29) is 12.5 Å². The minimum Gasteiger partial charge on any atom is -0.299 e. The number of halogens is 1. The van der Waals surface area contributed by atoms with E-state index in [0.29, 0.717) is 16.5 Å². The van der Waals surface area contributed by atoms with E-state index in [1.807, 2.05) is 102 Å². The van der Waals surface area contributed by atoms with Crippen molar-refractivity contribution in [2.45, 2.75) is 6.54 Å². The Labute approximate surface area is 190 Å². The normalized spacial score (nSPS) is 10.9. The topological polar surface area (TPSA) is 51.0 Å². The number of aromatic nitrogens is 3. The third-order valence-corrected chi connectivity index (χ3v) is 5.43. The zero-order valence-electron chi connectivity index (χ0n) is 17.1. The van der Waals surface area contributed by atoms with Crippen molar-refractivity contribution in [1.82, 2.24) is 14.5 Å². The van der Waals surface area contributed by atoms with Gasteiger partial charge in [-0.25, -0.2) is 9.97 Å². The molecule has 0 fully saturated rings. The zero-order valence-corrected chi connectivity index (χ0v) is 17.9. The Morgan fingerprint density at radius 2 is 1.44 bits per heavy atom. The maximum atomic E-state index is 13.7. The van der Waals surface area contributed by atoms with E-state index in [1.165, 1.54) is 0 Å². The van der Waals surface area contributed by atoms with Crippen LogP contribution in [0, 0.1) is 0 Å². The number of pyridine rings is 1. The molecule has 0 saturated heterocycles. The average Bonchev–Trinajstić information content (AvgIpc) is 3.19. The van der Waals surface area contributed by atoms with Gasteiger partial charge in [-0.2, -0.15) is 0 Å². The van der Waals surface area contributed by atoms with E-state index >= 15 is 0 Å². The summed E-state index contributed by atoms with van der Waals surface area (Å²) in [6, 6.07) is 30.4. The number of anilines is 2. The van der Waals surface area contributed by atoms with Gasteiger partial charge in [0.05, 0.1) is 0 Å². The Morgan fingerprint density at radius 3 is 2.06 bits per heavy atom. The molecule has 5 nitrogen and oxygen atoms in total. The Kier molecular flexibility index (Phi) is 5.40. The number of hydrogen-bond donors (Lipinski definition) is 0. The molecule has 2 aromatic heterocycles. The number of para-hydroxylation sites is 2. The van der Waals surface area contributed by atoms with Gasteiger partial charge in [-0.15, -0.1) is 0 Å². The number of benzene rings is 3. The lowest BCUT2D eigenvalue weighted by Gasteiger charge is -2.23. The van der Waals surface area contributed by atoms with Crippen molar-refractivity contribution in [2.24, 2.45) is 0 Å². The first kappa shape index (κ1) is 20.0. The van der Waals surface area contributed by atoms with Gasteiger partial charge in [-0.05, 0) is 60.7 Å². The first-order valence-electron chi connectivity index (χ1n) is 10.2. The number of fused-ring (bicyclic) bond motifs is 1. The molecule has 156 valence electrons. The molecule has 2 heterocycles. The minimum atomic E-state index is -0.0948. The van der Waals surface area contributed by atoms with Crippen LogP contribution in [0.1, 0.15) is 0 Å². The number of carbonyl (C=O) groups is 1. The van der Waals surface area contributed by atoms with Crippen LogP contribution in [0.5, 0.6) is 0 Å². The average molecular weight is 439 g/mol. The Bertz CT molecular complexity index is 1330. The smallest absolute Gasteiger partial charge is 0.251 e. The lowest BCUT2D eigenvalue weighted by Crippen LogP contribution is -2.30. The summed E-state index contributed by atoms with van der Waals surface area (Å²) in [5.74, 6) is 0.576. The predicted octanol–water partition coefficient (Wildman–Crippen LogP) is 6.12. The largest absolute Gasteiger partial charge is 0.299 e. The minimum absolute atomic E-state index is 0.0786. The van der Waals surface area contributed by atoms with Gasteiger partial charge in [-0.3, -0.25) is 14.3 Å². The van der Waals surface area contributed by atoms with Crippen molar-refractivity contribution in [3.63, 3.8) is 0 Å². The molecule has 1 amide bonds. The third-order valence-electron chi connectivity index (χ3n) is 5.18. The Morgan fingerprint density at radius 1 is 0.812 bits per heavy atom. The first-order chi connectivity index (χ1) is 15.7. The van der Waals surface area contributed by atoms with E-state index in [9.17, 15) is 4.79 Å². The molecular formula is C26H19ClN4O. The SMILES string of the molecule is O=C(Cn1c(-c2ccc(Cl)cc2)nc2cccnc21)N(c1ccccc1)c1ccccc1. The molecule has 32 heavy (non-hydrogen) atoms. The molecule has 5 aromatic rings. The molecule has 5 rings (SSSR count). The zero-order chi connectivity index (χ0) is 21.9. The second-order valence-electron chi connectivity index (χ2n) is 7.27. The van der Waals surface area contributed by atoms with Crippen molar-refractivity contribution in [3.05, 3.63) is 108 Å². The summed E-state index contributed by atoms with van der Waals surface area (Å²) in [7, 11) is 0. The summed E-state index contributed by atoms with van der Waals surface area (Å²) in [5, 5.41) is 0.643. The number of imidazole rings is 1. The van der Waals surface area contributed by atoms with Crippen molar-refractivity contribution < 1.29 is 4.79 Å². The number of rotatable bonds is 5. The van der Waals surface area contributed by atoms with Crippen LogP contribution in [0.3, 0.4) is 0 Å². The Balaban J connectivity index is 1.60. The van der Waals surface area contributed by atoms with Crippen molar-refractivity contribution in [1.29, 1.82) is 0 Å². The lowest BCUT2D eigenvalue weighted by atomic mass is 10.2. The first-order valence-corrected chi connectivity index (χ1v) is 10.6. The molecule has 0 N–H and O–H groups in total. The van der Waals surface area contributed by atoms with Crippen LogP contribution in [-0.2, 0) is 11.3 Å². The van der Waals surface area contributed by atoms with Crippen LogP contribution in [0.4, 0.5) is 11.4 Å². The summed E-state index contributed by atoms with van der Waals surface area (Å²) < 4.78 is 1.86. The fourth-order valence-electron chi connectivity index (χ4n) is 3.72. The van der Waals surface area contributed by atoms with Crippen LogP contribution in [0.2, 0.25) is 5.02 Å². The van der Waals surface area contributed by atoms with Gasteiger partial charge in [0.15, 0.2) is 5.65 Å².